The molecule has 1 saturated carbocycles. The number of anilines is 1. The summed E-state index contributed by atoms with van der Waals surface area (Å²) in [7, 11) is 0. The van der Waals surface area contributed by atoms with Crippen LogP contribution in [0.1, 0.15) is 56.9 Å². The Labute approximate surface area is 127 Å². The number of amides is 1. The third kappa shape index (κ3) is 2.92. The molecular weight excluding hydrogens is 260 g/mol. The van der Waals surface area contributed by atoms with E-state index in [9.17, 15) is 4.79 Å². The van der Waals surface area contributed by atoms with Crippen molar-refractivity contribution in [3.8, 4) is 0 Å². The fourth-order valence-corrected chi connectivity index (χ4v) is 4.12. The number of benzene rings is 1. The zero-order chi connectivity index (χ0) is 14.8. The van der Waals surface area contributed by atoms with E-state index in [2.05, 4.69) is 4.90 Å². The van der Waals surface area contributed by atoms with Crippen molar-refractivity contribution in [2.24, 2.45) is 5.92 Å². The molecule has 21 heavy (non-hydrogen) atoms. The van der Waals surface area contributed by atoms with Crippen LogP contribution in [0.4, 0.5) is 5.69 Å². The monoisotopic (exact) mass is 286 g/mol. The SMILES string of the molecule is CC(C(=O)N1CCCC2CCCCC21)c1cccc(N)c1. The number of fused-ring (bicyclic) bond motifs is 1. The number of carbonyl (C=O) groups excluding carboxylic acids is 1. The summed E-state index contributed by atoms with van der Waals surface area (Å²) in [6.07, 6.45) is 7.59. The van der Waals surface area contributed by atoms with E-state index in [1.165, 1.54) is 32.1 Å². The number of rotatable bonds is 2. The minimum absolute atomic E-state index is 0.0887. The van der Waals surface area contributed by atoms with Crippen molar-refractivity contribution in [3.63, 3.8) is 0 Å². The van der Waals surface area contributed by atoms with Crippen LogP contribution >= 0.6 is 0 Å². The second kappa shape index (κ2) is 6.08. The van der Waals surface area contributed by atoms with Crippen LogP contribution < -0.4 is 5.73 Å². The first-order valence-electron chi connectivity index (χ1n) is 8.32. The molecule has 1 aromatic carbocycles. The smallest absolute Gasteiger partial charge is 0.230 e. The van der Waals surface area contributed by atoms with Crippen molar-refractivity contribution >= 4 is 11.6 Å². The normalized spacial score (nSPS) is 27.0. The van der Waals surface area contributed by atoms with E-state index >= 15 is 0 Å². The number of hydrogen-bond acceptors (Lipinski definition) is 2. The van der Waals surface area contributed by atoms with Gasteiger partial charge in [-0.25, -0.2) is 0 Å². The molecule has 1 saturated heterocycles. The molecule has 3 heteroatoms. The molecular formula is C18H26N2O. The third-order valence-electron chi connectivity index (χ3n) is 5.31. The Kier molecular flexibility index (Phi) is 4.18. The van der Waals surface area contributed by atoms with Crippen LogP contribution in [0.3, 0.4) is 0 Å². The number of carbonyl (C=O) groups is 1. The van der Waals surface area contributed by atoms with Crippen molar-refractivity contribution < 1.29 is 4.79 Å². The third-order valence-corrected chi connectivity index (χ3v) is 5.31. The zero-order valence-electron chi connectivity index (χ0n) is 12.9. The van der Waals surface area contributed by atoms with Crippen molar-refractivity contribution in [2.45, 2.75) is 57.4 Å². The van der Waals surface area contributed by atoms with Gasteiger partial charge in [-0.05, 0) is 56.2 Å². The highest BCUT2D eigenvalue weighted by molar-refractivity contribution is 5.84. The molecule has 3 unspecified atom stereocenters. The summed E-state index contributed by atoms with van der Waals surface area (Å²) in [6, 6.07) is 8.25. The molecule has 1 aliphatic carbocycles. The van der Waals surface area contributed by atoms with Crippen molar-refractivity contribution in [1.29, 1.82) is 0 Å². The molecule has 0 radical (unpaired) electrons. The average Bonchev–Trinajstić information content (AvgIpc) is 2.53. The molecule has 3 atom stereocenters. The van der Waals surface area contributed by atoms with E-state index in [1.807, 2.05) is 31.2 Å². The standard InChI is InChI=1S/C18H26N2O/c1-13(15-7-4-9-16(19)12-15)18(21)20-11-5-8-14-6-2-3-10-17(14)20/h4,7,9,12-14,17H,2-3,5-6,8,10-11,19H2,1H3. The van der Waals surface area contributed by atoms with Crippen LogP contribution in [0.5, 0.6) is 0 Å². The van der Waals surface area contributed by atoms with Gasteiger partial charge in [-0.15, -0.1) is 0 Å². The Balaban J connectivity index is 1.77. The Morgan fingerprint density at radius 3 is 2.81 bits per heavy atom. The zero-order valence-corrected chi connectivity index (χ0v) is 12.9. The molecule has 2 fully saturated rings. The van der Waals surface area contributed by atoms with Crippen LogP contribution in [0.25, 0.3) is 0 Å². The maximum atomic E-state index is 12.9. The minimum Gasteiger partial charge on any atom is -0.399 e. The lowest BCUT2D eigenvalue weighted by Gasteiger charge is -2.45. The molecule has 0 spiro atoms. The predicted octanol–water partition coefficient (Wildman–Crippen LogP) is 3.55. The van der Waals surface area contributed by atoms with Gasteiger partial charge in [0.1, 0.15) is 0 Å². The first kappa shape index (κ1) is 14.4. The van der Waals surface area contributed by atoms with E-state index in [0.717, 1.165) is 30.1 Å². The molecule has 2 aliphatic rings. The summed E-state index contributed by atoms with van der Waals surface area (Å²) in [5.74, 6) is 0.941. The van der Waals surface area contributed by atoms with Crippen molar-refractivity contribution in [3.05, 3.63) is 29.8 Å². The van der Waals surface area contributed by atoms with Crippen molar-refractivity contribution in [1.82, 2.24) is 4.90 Å². The molecule has 114 valence electrons. The van der Waals surface area contributed by atoms with Crippen LogP contribution in [-0.2, 0) is 4.79 Å². The first-order valence-corrected chi connectivity index (χ1v) is 8.32. The summed E-state index contributed by atoms with van der Waals surface area (Å²) in [4.78, 5) is 15.1. The fraction of sp³-hybridized carbons (Fsp3) is 0.611. The van der Waals surface area contributed by atoms with E-state index in [1.54, 1.807) is 0 Å². The van der Waals surface area contributed by atoms with E-state index in [-0.39, 0.29) is 11.8 Å². The largest absolute Gasteiger partial charge is 0.399 e. The van der Waals surface area contributed by atoms with Crippen molar-refractivity contribution in [2.75, 3.05) is 12.3 Å². The summed E-state index contributed by atoms with van der Waals surface area (Å²) < 4.78 is 0. The van der Waals surface area contributed by atoms with Crippen LogP contribution in [0, 0.1) is 5.92 Å². The topological polar surface area (TPSA) is 46.3 Å². The highest BCUT2D eigenvalue weighted by Gasteiger charge is 2.37. The predicted molar refractivity (Wildman–Crippen MR) is 86.0 cm³/mol. The lowest BCUT2D eigenvalue weighted by atomic mass is 9.78. The van der Waals surface area contributed by atoms with Gasteiger partial charge in [-0.1, -0.05) is 25.0 Å². The highest BCUT2D eigenvalue weighted by atomic mass is 16.2. The molecule has 1 aliphatic heterocycles. The molecule has 1 amide bonds. The Bertz CT molecular complexity index is 512. The van der Waals surface area contributed by atoms with Gasteiger partial charge >= 0.3 is 0 Å². The van der Waals surface area contributed by atoms with E-state index < -0.39 is 0 Å². The summed E-state index contributed by atoms with van der Waals surface area (Å²) in [5.41, 5.74) is 7.63. The molecule has 2 N–H and O–H groups in total. The molecule has 0 bridgehead atoms. The number of hydrogen-bond donors (Lipinski definition) is 1. The van der Waals surface area contributed by atoms with Crippen LogP contribution in [0.2, 0.25) is 0 Å². The average molecular weight is 286 g/mol. The van der Waals surface area contributed by atoms with E-state index in [0.29, 0.717) is 6.04 Å². The number of likely N-dealkylation sites (tertiary alicyclic amines) is 1. The number of nitrogen functional groups attached to an aromatic ring is 1. The van der Waals surface area contributed by atoms with E-state index in [4.69, 9.17) is 5.73 Å². The second-order valence-electron chi connectivity index (χ2n) is 6.68. The molecule has 1 heterocycles. The van der Waals surface area contributed by atoms with Gasteiger partial charge in [-0.2, -0.15) is 0 Å². The second-order valence-corrected chi connectivity index (χ2v) is 6.68. The first-order chi connectivity index (χ1) is 10.2. The Morgan fingerprint density at radius 2 is 2.00 bits per heavy atom. The maximum absolute atomic E-state index is 12.9. The molecule has 0 aromatic heterocycles. The Hall–Kier alpha value is -1.51. The van der Waals surface area contributed by atoms with Gasteiger partial charge in [-0.3, -0.25) is 4.79 Å². The van der Waals surface area contributed by atoms with Crippen LogP contribution in [-0.4, -0.2) is 23.4 Å². The number of nitrogens with zero attached hydrogens (tertiary/aromatic N) is 1. The lowest BCUT2D eigenvalue weighted by Crippen LogP contribution is -2.50. The maximum Gasteiger partial charge on any atom is 0.230 e. The summed E-state index contributed by atoms with van der Waals surface area (Å²) >= 11 is 0. The fourth-order valence-electron chi connectivity index (χ4n) is 4.12. The van der Waals surface area contributed by atoms with Gasteiger partial charge in [0.25, 0.3) is 0 Å². The van der Waals surface area contributed by atoms with Gasteiger partial charge in [0.2, 0.25) is 5.91 Å². The van der Waals surface area contributed by atoms with Gasteiger partial charge in [0.15, 0.2) is 0 Å². The molecule has 3 rings (SSSR count). The highest BCUT2D eigenvalue weighted by Crippen LogP contribution is 2.36. The number of nitrogens with two attached hydrogens (primary N) is 1. The van der Waals surface area contributed by atoms with Gasteiger partial charge in [0.05, 0.1) is 5.92 Å². The molecule has 1 aromatic rings. The minimum atomic E-state index is -0.0887. The van der Waals surface area contributed by atoms with Gasteiger partial charge < -0.3 is 10.6 Å². The summed E-state index contributed by atoms with van der Waals surface area (Å²) in [5, 5.41) is 0. The number of piperidine rings is 1. The Morgan fingerprint density at radius 1 is 1.24 bits per heavy atom. The van der Waals surface area contributed by atoms with Gasteiger partial charge in [0, 0.05) is 18.3 Å². The summed E-state index contributed by atoms with van der Waals surface area (Å²) in [6.45, 7) is 2.95. The van der Waals surface area contributed by atoms with Crippen LogP contribution in [0.15, 0.2) is 24.3 Å². The lowest BCUT2D eigenvalue weighted by molar-refractivity contribution is -0.138. The molecule has 3 nitrogen and oxygen atoms in total. The quantitative estimate of drug-likeness (QED) is 0.845.